The topological polar surface area (TPSA) is 29.5 Å². The number of aliphatic hydroxyl groups is 1. The first-order valence-corrected chi connectivity index (χ1v) is 7.54. The van der Waals surface area contributed by atoms with Crippen LogP contribution in [0.2, 0.25) is 8.67 Å². The molecule has 0 radical (unpaired) electrons. The molecule has 2 rings (SSSR count). The molecule has 1 N–H and O–H groups in total. The van der Waals surface area contributed by atoms with Crippen LogP contribution >= 0.6 is 34.5 Å². The largest absolute Gasteiger partial charge is 0.494 e. The molecule has 5 heteroatoms. The molecule has 1 aromatic heterocycles. The molecule has 0 spiro atoms. The van der Waals surface area contributed by atoms with Crippen molar-refractivity contribution in [3.05, 3.63) is 50.1 Å². The summed E-state index contributed by atoms with van der Waals surface area (Å²) in [6.45, 7) is 2.74. The summed E-state index contributed by atoms with van der Waals surface area (Å²) in [5.41, 5.74) is 1.40. The highest BCUT2D eigenvalue weighted by Crippen LogP contribution is 2.37. The molecule has 2 aromatic rings. The van der Waals surface area contributed by atoms with Crippen molar-refractivity contribution in [1.29, 1.82) is 0 Å². The molecule has 1 atom stereocenters. The van der Waals surface area contributed by atoms with E-state index >= 15 is 0 Å². The van der Waals surface area contributed by atoms with Gasteiger partial charge in [-0.1, -0.05) is 42.3 Å². The Hall–Kier alpha value is -0.740. The predicted octanol–water partition coefficient (Wildman–Crippen LogP) is 4.93. The van der Waals surface area contributed by atoms with Crippen LogP contribution in [-0.2, 0) is 0 Å². The number of hydrogen-bond donors (Lipinski definition) is 1. The molecule has 2 nitrogen and oxygen atoms in total. The molecule has 19 heavy (non-hydrogen) atoms. The van der Waals surface area contributed by atoms with E-state index in [-0.39, 0.29) is 0 Å². The summed E-state index contributed by atoms with van der Waals surface area (Å²) in [5, 5.41) is 10.3. The predicted molar refractivity (Wildman–Crippen MR) is 80.6 cm³/mol. The van der Waals surface area contributed by atoms with E-state index in [2.05, 4.69) is 6.92 Å². The van der Waals surface area contributed by atoms with Crippen molar-refractivity contribution in [2.24, 2.45) is 0 Å². The number of halogens is 2. The van der Waals surface area contributed by atoms with E-state index in [9.17, 15) is 5.11 Å². The van der Waals surface area contributed by atoms with Crippen LogP contribution in [0.1, 0.15) is 30.6 Å². The number of hydrogen-bond acceptors (Lipinski definition) is 3. The van der Waals surface area contributed by atoms with Crippen molar-refractivity contribution in [1.82, 2.24) is 0 Å². The van der Waals surface area contributed by atoms with Crippen molar-refractivity contribution in [3.63, 3.8) is 0 Å². The van der Waals surface area contributed by atoms with Crippen molar-refractivity contribution in [2.45, 2.75) is 19.4 Å². The average Bonchev–Trinajstić information content (AvgIpc) is 2.75. The van der Waals surface area contributed by atoms with Crippen LogP contribution in [0, 0.1) is 0 Å². The minimum Gasteiger partial charge on any atom is -0.494 e. The normalized spacial score (nSPS) is 12.4. The Morgan fingerprint density at radius 2 is 1.95 bits per heavy atom. The quantitative estimate of drug-likeness (QED) is 0.847. The monoisotopic (exact) mass is 316 g/mol. The maximum Gasteiger partial charge on any atom is 0.119 e. The van der Waals surface area contributed by atoms with Gasteiger partial charge in [-0.2, -0.15) is 0 Å². The van der Waals surface area contributed by atoms with Gasteiger partial charge in [-0.05, 0) is 30.2 Å². The fraction of sp³-hybridized carbons (Fsp3) is 0.286. The molecular weight excluding hydrogens is 303 g/mol. The Labute approximate surface area is 126 Å². The lowest BCUT2D eigenvalue weighted by Gasteiger charge is -2.11. The van der Waals surface area contributed by atoms with Crippen molar-refractivity contribution in [3.8, 4) is 5.75 Å². The zero-order valence-corrected chi connectivity index (χ0v) is 12.7. The van der Waals surface area contributed by atoms with Gasteiger partial charge >= 0.3 is 0 Å². The number of thiophene rings is 1. The number of rotatable bonds is 5. The maximum atomic E-state index is 10.3. The summed E-state index contributed by atoms with van der Waals surface area (Å²) >= 11 is 13.2. The number of ether oxygens (including phenoxy) is 1. The molecule has 1 unspecified atom stereocenters. The molecule has 0 aliphatic heterocycles. The standard InChI is InChI=1S/C14H14Cl2O2S/c1-2-7-18-10-5-3-9(4-6-10)13(17)11-8-12(15)19-14(11)16/h3-6,8,13,17H,2,7H2,1H3. The summed E-state index contributed by atoms with van der Waals surface area (Å²) < 4.78 is 6.59. The minimum atomic E-state index is -0.767. The Bertz CT molecular complexity index is 537. The highest BCUT2D eigenvalue weighted by atomic mass is 35.5. The molecule has 0 amide bonds. The second kappa shape index (κ2) is 6.62. The van der Waals surface area contributed by atoms with Gasteiger partial charge in [0.05, 0.1) is 10.9 Å². The lowest BCUT2D eigenvalue weighted by molar-refractivity contribution is 0.220. The first-order valence-electron chi connectivity index (χ1n) is 5.97. The van der Waals surface area contributed by atoms with Gasteiger partial charge < -0.3 is 9.84 Å². The summed E-state index contributed by atoms with van der Waals surface area (Å²) in [4.78, 5) is 0. The summed E-state index contributed by atoms with van der Waals surface area (Å²) in [6.07, 6.45) is 0.199. The molecular formula is C14H14Cl2O2S. The molecule has 102 valence electrons. The van der Waals surface area contributed by atoms with E-state index in [0.717, 1.165) is 17.7 Å². The third-order valence-corrected chi connectivity index (χ3v) is 4.16. The van der Waals surface area contributed by atoms with Crippen LogP contribution in [-0.4, -0.2) is 11.7 Å². The van der Waals surface area contributed by atoms with Gasteiger partial charge in [0.15, 0.2) is 0 Å². The summed E-state index contributed by atoms with van der Waals surface area (Å²) in [5.74, 6) is 0.798. The van der Waals surface area contributed by atoms with E-state index in [1.54, 1.807) is 6.07 Å². The van der Waals surface area contributed by atoms with Gasteiger partial charge in [0.1, 0.15) is 16.2 Å². The molecule has 0 aliphatic carbocycles. The van der Waals surface area contributed by atoms with Gasteiger partial charge in [-0.25, -0.2) is 0 Å². The second-order valence-electron chi connectivity index (χ2n) is 4.10. The Balaban J connectivity index is 2.15. The van der Waals surface area contributed by atoms with E-state index < -0.39 is 6.10 Å². The Morgan fingerprint density at radius 1 is 1.26 bits per heavy atom. The summed E-state index contributed by atoms with van der Waals surface area (Å²) in [7, 11) is 0. The lowest BCUT2D eigenvalue weighted by atomic mass is 10.0. The lowest BCUT2D eigenvalue weighted by Crippen LogP contribution is -1.99. The van der Waals surface area contributed by atoms with Crippen LogP contribution in [0.4, 0.5) is 0 Å². The third kappa shape index (κ3) is 3.63. The maximum absolute atomic E-state index is 10.3. The van der Waals surface area contributed by atoms with Crippen LogP contribution in [0.25, 0.3) is 0 Å². The molecule has 0 saturated carbocycles. The zero-order chi connectivity index (χ0) is 13.8. The first kappa shape index (κ1) is 14.7. The SMILES string of the molecule is CCCOc1ccc(C(O)c2cc(Cl)sc2Cl)cc1. The van der Waals surface area contributed by atoms with Crippen LogP contribution < -0.4 is 4.74 Å². The van der Waals surface area contributed by atoms with Gasteiger partial charge in [0.25, 0.3) is 0 Å². The van der Waals surface area contributed by atoms with E-state index in [4.69, 9.17) is 27.9 Å². The van der Waals surface area contributed by atoms with Crippen LogP contribution in [0.5, 0.6) is 5.75 Å². The average molecular weight is 317 g/mol. The molecule has 1 heterocycles. The fourth-order valence-corrected chi connectivity index (χ4v) is 3.21. The summed E-state index contributed by atoms with van der Waals surface area (Å²) in [6, 6.07) is 9.04. The van der Waals surface area contributed by atoms with Crippen molar-refractivity contribution >= 4 is 34.5 Å². The first-order chi connectivity index (χ1) is 9.11. The zero-order valence-electron chi connectivity index (χ0n) is 10.4. The fourth-order valence-electron chi connectivity index (χ4n) is 1.69. The molecule has 0 aliphatic rings. The second-order valence-corrected chi connectivity index (χ2v) is 6.39. The Kier molecular flexibility index (Phi) is 5.11. The van der Waals surface area contributed by atoms with E-state index in [1.165, 1.54) is 11.3 Å². The Morgan fingerprint density at radius 3 is 2.47 bits per heavy atom. The number of benzene rings is 1. The molecule has 0 bridgehead atoms. The number of aliphatic hydroxyl groups excluding tert-OH is 1. The highest BCUT2D eigenvalue weighted by Gasteiger charge is 2.16. The smallest absolute Gasteiger partial charge is 0.119 e. The molecule has 0 fully saturated rings. The van der Waals surface area contributed by atoms with Gasteiger partial charge in [-0.3, -0.25) is 0 Å². The van der Waals surface area contributed by atoms with E-state index in [0.29, 0.717) is 20.8 Å². The van der Waals surface area contributed by atoms with Crippen molar-refractivity contribution < 1.29 is 9.84 Å². The van der Waals surface area contributed by atoms with Gasteiger partial charge in [0, 0.05) is 5.56 Å². The minimum absolute atomic E-state index is 0.517. The molecule has 0 saturated heterocycles. The van der Waals surface area contributed by atoms with Gasteiger partial charge in [-0.15, -0.1) is 11.3 Å². The van der Waals surface area contributed by atoms with E-state index in [1.807, 2.05) is 24.3 Å². The molecule has 1 aromatic carbocycles. The van der Waals surface area contributed by atoms with Crippen LogP contribution in [0.3, 0.4) is 0 Å². The highest BCUT2D eigenvalue weighted by molar-refractivity contribution is 7.20. The van der Waals surface area contributed by atoms with Crippen LogP contribution in [0.15, 0.2) is 30.3 Å². The van der Waals surface area contributed by atoms with Crippen molar-refractivity contribution in [2.75, 3.05) is 6.61 Å². The van der Waals surface area contributed by atoms with Gasteiger partial charge in [0.2, 0.25) is 0 Å². The third-order valence-electron chi connectivity index (χ3n) is 2.65.